The van der Waals surface area contributed by atoms with Crippen LogP contribution in [-0.4, -0.2) is 13.0 Å². The molecule has 0 unspecified atom stereocenters. The number of anilines is 1. The van der Waals surface area contributed by atoms with Crippen LogP contribution in [0.2, 0.25) is 0 Å². The predicted octanol–water partition coefficient (Wildman–Crippen LogP) is 5.45. The largest absolute Gasteiger partial charge is 0.493 e. The summed E-state index contributed by atoms with van der Waals surface area (Å²) in [6.07, 6.45) is 1.47. The number of halogens is 1. The number of carbonyl (C=O) groups excluding carboxylic acids is 1. The van der Waals surface area contributed by atoms with Crippen LogP contribution in [0.25, 0.3) is 6.08 Å². The first-order valence-corrected chi connectivity index (χ1v) is 10.3. The van der Waals surface area contributed by atoms with Crippen molar-refractivity contribution >= 4 is 33.6 Å². The van der Waals surface area contributed by atoms with Crippen molar-refractivity contribution < 1.29 is 14.3 Å². The van der Waals surface area contributed by atoms with Crippen molar-refractivity contribution in [2.24, 2.45) is 0 Å². The second kappa shape index (κ2) is 10.8. The monoisotopic (exact) mass is 487 g/mol. The minimum absolute atomic E-state index is 0.0618. The van der Waals surface area contributed by atoms with E-state index >= 15 is 0 Å². The van der Waals surface area contributed by atoms with Crippen LogP contribution < -0.4 is 14.8 Å². The maximum absolute atomic E-state index is 12.5. The minimum atomic E-state index is -0.516. The Hall–Kier alpha value is -4.07. The Balaban J connectivity index is 1.84. The normalized spacial score (nSPS) is 10.6. The molecule has 3 aromatic rings. The second-order valence-electron chi connectivity index (χ2n) is 6.57. The fraction of sp³-hybridized carbons (Fsp3) is 0.0800. The Kier molecular flexibility index (Phi) is 7.64. The average Bonchev–Trinajstić information content (AvgIpc) is 2.82. The van der Waals surface area contributed by atoms with Crippen LogP contribution in [-0.2, 0) is 11.4 Å². The lowest BCUT2D eigenvalue weighted by Gasteiger charge is -2.13. The van der Waals surface area contributed by atoms with E-state index in [2.05, 4.69) is 27.3 Å². The van der Waals surface area contributed by atoms with Gasteiger partial charge in [-0.2, -0.15) is 10.5 Å². The van der Waals surface area contributed by atoms with Gasteiger partial charge in [-0.05, 0) is 42.0 Å². The molecule has 0 aliphatic rings. The van der Waals surface area contributed by atoms with Gasteiger partial charge in [0.25, 0.3) is 5.91 Å². The average molecular weight is 488 g/mol. The molecule has 0 heterocycles. The van der Waals surface area contributed by atoms with Gasteiger partial charge >= 0.3 is 0 Å². The summed E-state index contributed by atoms with van der Waals surface area (Å²) in [6, 6.07) is 23.5. The topological polar surface area (TPSA) is 95.1 Å². The zero-order valence-corrected chi connectivity index (χ0v) is 18.7. The van der Waals surface area contributed by atoms with Crippen molar-refractivity contribution in [3.63, 3.8) is 0 Å². The molecule has 158 valence electrons. The molecule has 1 N–H and O–H groups in total. The molecular formula is C25H18BrN3O3. The molecule has 6 nitrogen and oxygen atoms in total. The number of amides is 1. The lowest BCUT2D eigenvalue weighted by molar-refractivity contribution is -0.112. The van der Waals surface area contributed by atoms with E-state index in [1.165, 1.54) is 13.2 Å². The molecule has 3 aromatic carbocycles. The summed E-state index contributed by atoms with van der Waals surface area (Å²) in [4.78, 5) is 12.5. The first-order chi connectivity index (χ1) is 15.5. The van der Waals surface area contributed by atoms with E-state index < -0.39 is 5.91 Å². The molecule has 0 radical (unpaired) electrons. The van der Waals surface area contributed by atoms with Crippen molar-refractivity contribution in [2.45, 2.75) is 6.61 Å². The highest BCUT2D eigenvalue weighted by atomic mass is 79.9. The van der Waals surface area contributed by atoms with E-state index in [-0.39, 0.29) is 12.2 Å². The van der Waals surface area contributed by atoms with Crippen LogP contribution in [0.3, 0.4) is 0 Å². The molecule has 0 bridgehead atoms. The Labute approximate surface area is 194 Å². The molecule has 0 aliphatic heterocycles. The third-order valence-corrected chi connectivity index (χ3v) is 5.19. The van der Waals surface area contributed by atoms with Crippen molar-refractivity contribution in [2.75, 3.05) is 12.4 Å². The third-order valence-electron chi connectivity index (χ3n) is 4.50. The number of methoxy groups -OCH3 is 1. The van der Waals surface area contributed by atoms with Gasteiger partial charge in [0.1, 0.15) is 18.2 Å². The van der Waals surface area contributed by atoms with Crippen LogP contribution in [0.4, 0.5) is 5.69 Å². The molecule has 7 heteroatoms. The SMILES string of the molecule is COc1cc(/C=C(/C#N)C(=O)Nc2ccccc2)c(Br)cc1OCc1ccccc1C#N. The Morgan fingerprint density at radius 2 is 1.78 bits per heavy atom. The quantitative estimate of drug-likeness (QED) is 0.352. The van der Waals surface area contributed by atoms with Gasteiger partial charge in [0, 0.05) is 15.7 Å². The van der Waals surface area contributed by atoms with Crippen LogP contribution in [0.5, 0.6) is 11.5 Å². The molecule has 0 aliphatic carbocycles. The zero-order valence-electron chi connectivity index (χ0n) is 17.1. The van der Waals surface area contributed by atoms with Crippen molar-refractivity contribution in [3.05, 3.63) is 93.5 Å². The van der Waals surface area contributed by atoms with E-state index in [4.69, 9.17) is 9.47 Å². The molecule has 0 fully saturated rings. The second-order valence-corrected chi connectivity index (χ2v) is 7.43. The first kappa shape index (κ1) is 22.6. The highest BCUT2D eigenvalue weighted by Crippen LogP contribution is 2.35. The third kappa shape index (κ3) is 5.54. The zero-order chi connectivity index (χ0) is 22.9. The van der Waals surface area contributed by atoms with Crippen molar-refractivity contribution in [1.29, 1.82) is 10.5 Å². The highest BCUT2D eigenvalue weighted by molar-refractivity contribution is 9.10. The highest BCUT2D eigenvalue weighted by Gasteiger charge is 2.14. The lowest BCUT2D eigenvalue weighted by atomic mass is 10.1. The maximum atomic E-state index is 12.5. The van der Waals surface area contributed by atoms with E-state index in [1.807, 2.05) is 24.3 Å². The van der Waals surface area contributed by atoms with E-state index in [0.717, 1.165) is 5.56 Å². The van der Waals surface area contributed by atoms with Crippen LogP contribution in [0, 0.1) is 22.7 Å². The van der Waals surface area contributed by atoms with Gasteiger partial charge in [-0.25, -0.2) is 0 Å². The smallest absolute Gasteiger partial charge is 0.266 e. The summed E-state index contributed by atoms with van der Waals surface area (Å²) >= 11 is 3.46. The number of nitrogens with one attached hydrogen (secondary N) is 1. The standard InChI is InChI=1S/C25H18BrN3O3/c1-31-23-12-19(11-20(15-28)25(30)29-21-9-3-2-4-10-21)22(26)13-24(23)32-16-18-8-6-5-7-17(18)14-27/h2-13H,16H2,1H3,(H,29,30)/b20-11-. The summed E-state index contributed by atoms with van der Waals surface area (Å²) in [5, 5.41) is 21.4. The number of hydrogen-bond donors (Lipinski definition) is 1. The van der Waals surface area contributed by atoms with Gasteiger partial charge in [-0.3, -0.25) is 4.79 Å². The van der Waals surface area contributed by atoms with E-state index in [9.17, 15) is 15.3 Å². The number of para-hydroxylation sites is 1. The Morgan fingerprint density at radius 1 is 1.06 bits per heavy atom. The summed E-state index contributed by atoms with van der Waals surface area (Å²) in [5.74, 6) is 0.365. The lowest BCUT2D eigenvalue weighted by Crippen LogP contribution is -2.13. The summed E-state index contributed by atoms with van der Waals surface area (Å²) < 4.78 is 11.9. The number of ether oxygens (including phenoxy) is 2. The number of nitriles is 2. The van der Waals surface area contributed by atoms with Crippen molar-refractivity contribution in [1.82, 2.24) is 0 Å². The minimum Gasteiger partial charge on any atom is -0.493 e. The summed E-state index contributed by atoms with van der Waals surface area (Å²) in [5.41, 5.74) is 2.39. The molecule has 0 aromatic heterocycles. The van der Waals surface area contributed by atoms with Gasteiger partial charge in [0.15, 0.2) is 11.5 Å². The Bertz CT molecular complexity index is 1240. The van der Waals surface area contributed by atoms with Gasteiger partial charge in [-0.1, -0.05) is 52.3 Å². The van der Waals surface area contributed by atoms with Gasteiger partial charge in [0.2, 0.25) is 0 Å². The van der Waals surface area contributed by atoms with Gasteiger partial charge in [0.05, 0.1) is 18.7 Å². The number of rotatable bonds is 7. The fourth-order valence-electron chi connectivity index (χ4n) is 2.87. The molecular weight excluding hydrogens is 470 g/mol. The van der Waals surface area contributed by atoms with Gasteiger partial charge in [-0.15, -0.1) is 0 Å². The number of nitrogens with zero attached hydrogens (tertiary/aromatic N) is 2. The maximum Gasteiger partial charge on any atom is 0.266 e. The number of carbonyl (C=O) groups is 1. The van der Waals surface area contributed by atoms with Gasteiger partial charge < -0.3 is 14.8 Å². The van der Waals surface area contributed by atoms with Crippen molar-refractivity contribution in [3.8, 4) is 23.6 Å². The number of hydrogen-bond acceptors (Lipinski definition) is 5. The first-order valence-electron chi connectivity index (χ1n) is 9.52. The molecule has 0 spiro atoms. The molecule has 1 amide bonds. The molecule has 0 saturated carbocycles. The van der Waals surface area contributed by atoms with E-state index in [1.54, 1.807) is 48.5 Å². The fourth-order valence-corrected chi connectivity index (χ4v) is 3.31. The molecule has 32 heavy (non-hydrogen) atoms. The predicted molar refractivity (Wildman–Crippen MR) is 125 cm³/mol. The molecule has 3 rings (SSSR count). The summed E-state index contributed by atoms with van der Waals surface area (Å²) in [6.45, 7) is 0.185. The molecule has 0 atom stereocenters. The molecule has 0 saturated heterocycles. The van der Waals surface area contributed by atoms with Crippen LogP contribution in [0.15, 0.2) is 76.8 Å². The van der Waals surface area contributed by atoms with Crippen LogP contribution in [0.1, 0.15) is 16.7 Å². The van der Waals surface area contributed by atoms with Crippen LogP contribution >= 0.6 is 15.9 Å². The Morgan fingerprint density at radius 3 is 2.47 bits per heavy atom. The van der Waals surface area contributed by atoms with E-state index in [0.29, 0.717) is 32.8 Å². The number of benzene rings is 3. The summed E-state index contributed by atoms with van der Waals surface area (Å²) in [7, 11) is 1.50.